The van der Waals surface area contributed by atoms with Gasteiger partial charge in [-0.1, -0.05) is 12.1 Å². The number of amides is 1. The van der Waals surface area contributed by atoms with Gasteiger partial charge in [0.15, 0.2) is 0 Å². The molecule has 27 heavy (non-hydrogen) atoms. The molecule has 144 valence electrons. The minimum absolute atomic E-state index is 0.218. The Labute approximate surface area is 160 Å². The first-order chi connectivity index (χ1) is 12.8. The molecule has 1 fully saturated rings. The summed E-state index contributed by atoms with van der Waals surface area (Å²) in [6.45, 7) is 6.29. The first kappa shape index (κ1) is 19.5. The third-order valence-electron chi connectivity index (χ3n) is 4.86. The van der Waals surface area contributed by atoms with E-state index in [1.54, 1.807) is 12.1 Å². The van der Waals surface area contributed by atoms with Gasteiger partial charge in [-0.3, -0.25) is 4.79 Å². The summed E-state index contributed by atoms with van der Waals surface area (Å²) in [6, 6.07) is 12.0. The Balaban J connectivity index is 1.74. The number of sulfonamides is 1. The number of nitrogens with one attached hydrogen (secondary N) is 1. The number of benzene rings is 2. The van der Waals surface area contributed by atoms with Gasteiger partial charge in [0, 0.05) is 37.4 Å². The molecule has 3 rings (SSSR count). The second kappa shape index (κ2) is 7.80. The number of nitrogens with zero attached hydrogens (tertiary/aromatic N) is 2. The summed E-state index contributed by atoms with van der Waals surface area (Å²) >= 11 is 0. The second-order valence-electron chi connectivity index (χ2n) is 7.00. The molecule has 0 atom stereocenters. The van der Waals surface area contributed by atoms with E-state index in [1.807, 2.05) is 39.1 Å². The summed E-state index contributed by atoms with van der Waals surface area (Å²) in [6.07, 6.45) is 0. The molecule has 0 radical (unpaired) electrons. The van der Waals surface area contributed by atoms with Gasteiger partial charge in [-0.15, -0.1) is 0 Å². The largest absolute Gasteiger partial charge is 0.322 e. The maximum atomic E-state index is 12.8. The highest BCUT2D eigenvalue weighted by Gasteiger charge is 2.27. The maximum Gasteiger partial charge on any atom is 0.255 e. The number of hydrogen-bond acceptors (Lipinski definition) is 4. The molecule has 1 aliphatic rings. The van der Waals surface area contributed by atoms with Crippen molar-refractivity contribution < 1.29 is 13.2 Å². The van der Waals surface area contributed by atoms with Crippen LogP contribution < -0.4 is 5.32 Å². The molecule has 1 saturated heterocycles. The topological polar surface area (TPSA) is 69.7 Å². The number of piperazine rings is 1. The summed E-state index contributed by atoms with van der Waals surface area (Å²) in [7, 11) is -1.54. The number of rotatable bonds is 4. The van der Waals surface area contributed by atoms with Crippen LogP contribution in [0.1, 0.15) is 21.5 Å². The summed E-state index contributed by atoms with van der Waals surface area (Å²) in [5.74, 6) is -0.257. The Morgan fingerprint density at radius 1 is 0.963 bits per heavy atom. The average Bonchev–Trinajstić information content (AvgIpc) is 2.65. The number of anilines is 1. The fourth-order valence-electron chi connectivity index (χ4n) is 3.02. The molecular formula is C20H25N3O3S. The predicted molar refractivity (Wildman–Crippen MR) is 107 cm³/mol. The van der Waals surface area contributed by atoms with Crippen LogP contribution >= 0.6 is 0 Å². The van der Waals surface area contributed by atoms with Crippen molar-refractivity contribution in [1.82, 2.24) is 9.21 Å². The van der Waals surface area contributed by atoms with Gasteiger partial charge in [-0.25, -0.2) is 8.42 Å². The Hall–Kier alpha value is -2.22. The van der Waals surface area contributed by atoms with Gasteiger partial charge in [0.25, 0.3) is 5.91 Å². The molecule has 1 N–H and O–H groups in total. The molecule has 0 saturated carbocycles. The standard InChI is InChI=1S/C20H25N3O3S/c1-15-4-5-16(2)19(14-15)21-20(24)17-6-8-18(9-7-17)27(25,26)23-12-10-22(3)11-13-23/h4-9,14H,10-13H2,1-3H3,(H,21,24). The van der Waals surface area contributed by atoms with Crippen molar-refractivity contribution in [3.63, 3.8) is 0 Å². The van der Waals surface area contributed by atoms with Crippen molar-refractivity contribution in [2.45, 2.75) is 18.7 Å². The Morgan fingerprint density at radius 2 is 1.59 bits per heavy atom. The zero-order valence-electron chi connectivity index (χ0n) is 15.9. The van der Waals surface area contributed by atoms with Crippen molar-refractivity contribution in [2.75, 3.05) is 38.5 Å². The Morgan fingerprint density at radius 3 is 2.22 bits per heavy atom. The van der Waals surface area contributed by atoms with E-state index < -0.39 is 10.0 Å². The van der Waals surface area contributed by atoms with E-state index in [-0.39, 0.29) is 10.8 Å². The summed E-state index contributed by atoms with van der Waals surface area (Å²) in [5, 5.41) is 2.89. The second-order valence-corrected chi connectivity index (χ2v) is 8.94. The highest BCUT2D eigenvalue weighted by molar-refractivity contribution is 7.89. The lowest BCUT2D eigenvalue weighted by Gasteiger charge is -2.31. The molecule has 2 aromatic rings. The number of hydrogen-bond donors (Lipinski definition) is 1. The molecule has 6 nitrogen and oxygen atoms in total. The van der Waals surface area contributed by atoms with Crippen molar-refractivity contribution in [1.29, 1.82) is 0 Å². The van der Waals surface area contributed by atoms with E-state index in [1.165, 1.54) is 16.4 Å². The van der Waals surface area contributed by atoms with Crippen molar-refractivity contribution >= 4 is 21.6 Å². The minimum Gasteiger partial charge on any atom is -0.322 e. The molecule has 0 bridgehead atoms. The van der Waals surface area contributed by atoms with Crippen LogP contribution in [0.4, 0.5) is 5.69 Å². The molecule has 0 aromatic heterocycles. The highest BCUT2D eigenvalue weighted by atomic mass is 32.2. The highest BCUT2D eigenvalue weighted by Crippen LogP contribution is 2.20. The van der Waals surface area contributed by atoms with Gasteiger partial charge in [0.05, 0.1) is 4.90 Å². The van der Waals surface area contributed by atoms with Crippen LogP contribution in [0.3, 0.4) is 0 Å². The van der Waals surface area contributed by atoms with E-state index in [9.17, 15) is 13.2 Å². The third kappa shape index (κ3) is 4.37. The van der Waals surface area contributed by atoms with E-state index >= 15 is 0 Å². The van der Waals surface area contributed by atoms with Crippen molar-refractivity contribution in [3.8, 4) is 0 Å². The van der Waals surface area contributed by atoms with Gasteiger partial charge in [-0.2, -0.15) is 4.31 Å². The van der Waals surface area contributed by atoms with Gasteiger partial charge in [-0.05, 0) is 62.4 Å². The summed E-state index contributed by atoms with van der Waals surface area (Å²) in [5.41, 5.74) is 3.22. The van der Waals surface area contributed by atoms with Crippen LogP contribution in [0.5, 0.6) is 0 Å². The molecular weight excluding hydrogens is 362 g/mol. The zero-order valence-corrected chi connectivity index (χ0v) is 16.7. The summed E-state index contributed by atoms with van der Waals surface area (Å²) < 4.78 is 27.0. The van der Waals surface area contributed by atoms with Crippen molar-refractivity contribution in [3.05, 3.63) is 59.2 Å². The van der Waals surface area contributed by atoms with Gasteiger partial charge < -0.3 is 10.2 Å². The monoisotopic (exact) mass is 387 g/mol. The van der Waals surface area contributed by atoms with Gasteiger partial charge >= 0.3 is 0 Å². The normalized spacial score (nSPS) is 16.3. The average molecular weight is 388 g/mol. The van der Waals surface area contributed by atoms with E-state index in [2.05, 4.69) is 10.2 Å². The Kier molecular flexibility index (Phi) is 5.64. The maximum absolute atomic E-state index is 12.8. The predicted octanol–water partition coefficient (Wildman–Crippen LogP) is 2.49. The molecule has 7 heteroatoms. The van der Waals surface area contributed by atoms with Crippen LogP contribution in [0.15, 0.2) is 47.4 Å². The number of likely N-dealkylation sites (N-methyl/N-ethyl adjacent to an activating group) is 1. The van der Waals surface area contributed by atoms with Crippen LogP contribution in [-0.4, -0.2) is 56.8 Å². The first-order valence-corrected chi connectivity index (χ1v) is 10.4. The van der Waals surface area contributed by atoms with Gasteiger partial charge in [0.1, 0.15) is 0 Å². The summed E-state index contributed by atoms with van der Waals surface area (Å²) in [4.78, 5) is 14.8. The minimum atomic E-state index is -3.52. The van der Waals surface area contributed by atoms with Gasteiger partial charge in [0.2, 0.25) is 10.0 Å². The fourth-order valence-corrected chi connectivity index (χ4v) is 4.44. The lowest BCUT2D eigenvalue weighted by Crippen LogP contribution is -2.47. The van der Waals surface area contributed by atoms with Crippen LogP contribution in [0.2, 0.25) is 0 Å². The van der Waals surface area contributed by atoms with Crippen LogP contribution in [0.25, 0.3) is 0 Å². The quantitative estimate of drug-likeness (QED) is 0.875. The van der Waals surface area contributed by atoms with Crippen LogP contribution in [0, 0.1) is 13.8 Å². The SMILES string of the molecule is Cc1ccc(C)c(NC(=O)c2ccc(S(=O)(=O)N3CCN(C)CC3)cc2)c1. The lowest BCUT2D eigenvalue weighted by atomic mass is 10.1. The van der Waals surface area contributed by atoms with Crippen LogP contribution in [-0.2, 0) is 10.0 Å². The zero-order chi connectivity index (χ0) is 19.6. The Bertz CT molecular complexity index is 931. The molecule has 1 amide bonds. The molecule has 2 aromatic carbocycles. The molecule has 0 spiro atoms. The van der Waals surface area contributed by atoms with Crippen molar-refractivity contribution in [2.24, 2.45) is 0 Å². The first-order valence-electron chi connectivity index (χ1n) is 8.95. The molecule has 1 aliphatic heterocycles. The molecule has 0 unspecified atom stereocenters. The molecule has 1 heterocycles. The fraction of sp³-hybridized carbons (Fsp3) is 0.350. The number of aryl methyl sites for hydroxylation is 2. The van der Waals surface area contributed by atoms with E-state index in [4.69, 9.17) is 0 Å². The van der Waals surface area contributed by atoms with E-state index in [0.29, 0.717) is 18.7 Å². The van der Waals surface area contributed by atoms with E-state index in [0.717, 1.165) is 29.9 Å². The molecule has 0 aliphatic carbocycles. The number of carbonyl (C=O) groups excluding carboxylic acids is 1. The smallest absolute Gasteiger partial charge is 0.255 e. The lowest BCUT2D eigenvalue weighted by molar-refractivity contribution is 0.102. The third-order valence-corrected chi connectivity index (χ3v) is 6.77. The number of carbonyl (C=O) groups is 1.